The Morgan fingerprint density at radius 1 is 0.733 bits per heavy atom. The van der Waals surface area contributed by atoms with Crippen LogP contribution in [0.5, 0.6) is 0 Å². The Balaban J connectivity index is 3.28. The lowest BCUT2D eigenvalue weighted by molar-refractivity contribution is 0.212. The molecule has 0 aliphatic carbocycles. The van der Waals surface area contributed by atoms with Gasteiger partial charge in [0.2, 0.25) is 0 Å². The molecule has 0 amide bonds. The van der Waals surface area contributed by atoms with Gasteiger partial charge >= 0.3 is 14.8 Å². The molecule has 0 rings (SSSR count). The second-order valence-electron chi connectivity index (χ2n) is 3.90. The van der Waals surface area contributed by atoms with Crippen molar-refractivity contribution in [2.24, 2.45) is 0 Å². The van der Waals surface area contributed by atoms with Gasteiger partial charge in [-0.05, 0) is 19.1 Å². The summed E-state index contributed by atoms with van der Waals surface area (Å²) >= 11 is -1.29. The van der Waals surface area contributed by atoms with Crippen molar-refractivity contribution in [1.29, 1.82) is 0 Å². The Morgan fingerprint density at radius 2 is 1.27 bits per heavy atom. The van der Waals surface area contributed by atoms with Crippen LogP contribution in [-0.4, -0.2) is 28.0 Å². The zero-order valence-electron chi connectivity index (χ0n) is 10.8. The summed E-state index contributed by atoms with van der Waals surface area (Å²) in [6, 6.07) is 0. The van der Waals surface area contributed by atoms with Crippen LogP contribution < -0.4 is 0 Å². The maximum Gasteiger partial charge on any atom is 0.674 e. The topological polar surface area (TPSA) is 18.5 Å². The summed E-state index contributed by atoms with van der Waals surface area (Å²) in [5.41, 5.74) is 0. The van der Waals surface area contributed by atoms with Crippen LogP contribution in [0.3, 0.4) is 0 Å². The molecule has 0 spiro atoms. The van der Waals surface area contributed by atoms with Gasteiger partial charge in [0.25, 0.3) is 0 Å². The summed E-state index contributed by atoms with van der Waals surface area (Å²) in [5.74, 6) is 0. The molecule has 0 atom stereocenters. The van der Waals surface area contributed by atoms with Gasteiger partial charge in [0, 0.05) is 13.2 Å². The van der Waals surface area contributed by atoms with Crippen LogP contribution in [0.4, 0.5) is 0 Å². The number of unbranched alkanes of at least 4 members (excludes halogenated alkanes) is 5. The Bertz CT molecular complexity index is 114. The van der Waals surface area contributed by atoms with E-state index in [1.165, 1.54) is 43.8 Å². The second kappa shape index (κ2) is 12.5. The molecule has 0 saturated carbocycles. The summed E-state index contributed by atoms with van der Waals surface area (Å²) in [4.78, 5) is 0. The SMILES string of the molecule is CCCCCCC[CH2][Al]([O]CC)[O]CC. The van der Waals surface area contributed by atoms with Gasteiger partial charge in [0.15, 0.2) is 0 Å². The highest BCUT2D eigenvalue weighted by atomic mass is 27.2. The molecule has 2 nitrogen and oxygen atoms in total. The van der Waals surface area contributed by atoms with Gasteiger partial charge in [-0.1, -0.05) is 45.4 Å². The van der Waals surface area contributed by atoms with E-state index in [0.29, 0.717) is 0 Å². The Kier molecular flexibility index (Phi) is 12.9. The van der Waals surface area contributed by atoms with Crippen molar-refractivity contribution in [3.63, 3.8) is 0 Å². The highest BCUT2D eigenvalue weighted by molar-refractivity contribution is 6.44. The molecule has 0 aromatic heterocycles. The predicted molar refractivity (Wildman–Crippen MR) is 67.2 cm³/mol. The smallest absolute Gasteiger partial charge is 0.479 e. The molecule has 15 heavy (non-hydrogen) atoms. The van der Waals surface area contributed by atoms with Gasteiger partial charge in [-0.3, -0.25) is 0 Å². The lowest BCUT2D eigenvalue weighted by atomic mass is 10.1. The monoisotopic (exact) mass is 230 g/mol. The average molecular weight is 230 g/mol. The molecule has 0 aromatic carbocycles. The average Bonchev–Trinajstić information content (AvgIpc) is 2.24. The van der Waals surface area contributed by atoms with Crippen molar-refractivity contribution in [2.75, 3.05) is 13.2 Å². The van der Waals surface area contributed by atoms with Crippen molar-refractivity contribution < 1.29 is 7.58 Å². The summed E-state index contributed by atoms with van der Waals surface area (Å²) in [7, 11) is 0. The van der Waals surface area contributed by atoms with Gasteiger partial charge in [-0.2, -0.15) is 0 Å². The fourth-order valence-corrected chi connectivity index (χ4v) is 3.47. The first-order chi connectivity index (χ1) is 7.35. The minimum atomic E-state index is -1.29. The van der Waals surface area contributed by atoms with Gasteiger partial charge in [-0.15, -0.1) is 0 Å². The number of rotatable bonds is 11. The van der Waals surface area contributed by atoms with E-state index in [1.54, 1.807) is 0 Å². The van der Waals surface area contributed by atoms with Crippen molar-refractivity contribution in [3.05, 3.63) is 0 Å². The third kappa shape index (κ3) is 10.7. The minimum absolute atomic E-state index is 0.812. The van der Waals surface area contributed by atoms with Crippen LogP contribution in [0.1, 0.15) is 59.3 Å². The molecule has 0 aliphatic heterocycles. The zero-order chi connectivity index (χ0) is 11.4. The molecular formula is C12H27AlO2. The predicted octanol–water partition coefficient (Wildman–Crippen LogP) is 3.91. The maximum absolute atomic E-state index is 5.63. The van der Waals surface area contributed by atoms with Crippen LogP contribution in [0.15, 0.2) is 0 Å². The van der Waals surface area contributed by atoms with Crippen LogP contribution >= 0.6 is 0 Å². The van der Waals surface area contributed by atoms with Crippen molar-refractivity contribution in [3.8, 4) is 0 Å². The number of hydrogen-bond acceptors (Lipinski definition) is 2. The van der Waals surface area contributed by atoms with Crippen molar-refractivity contribution in [2.45, 2.75) is 64.6 Å². The van der Waals surface area contributed by atoms with Gasteiger partial charge < -0.3 is 7.58 Å². The molecule has 90 valence electrons. The van der Waals surface area contributed by atoms with E-state index in [-0.39, 0.29) is 0 Å². The molecular weight excluding hydrogens is 203 g/mol. The van der Waals surface area contributed by atoms with Gasteiger partial charge in [-0.25, -0.2) is 0 Å². The van der Waals surface area contributed by atoms with Crippen LogP contribution in [-0.2, 0) is 7.58 Å². The van der Waals surface area contributed by atoms with Gasteiger partial charge in [0.05, 0.1) is 0 Å². The lowest BCUT2D eigenvalue weighted by Crippen LogP contribution is -2.22. The third-order valence-electron chi connectivity index (χ3n) is 2.50. The van der Waals surface area contributed by atoms with Gasteiger partial charge in [0.1, 0.15) is 0 Å². The van der Waals surface area contributed by atoms with Crippen LogP contribution in [0.25, 0.3) is 0 Å². The molecule has 3 heteroatoms. The van der Waals surface area contributed by atoms with Crippen LogP contribution in [0, 0.1) is 0 Å². The highest BCUT2D eigenvalue weighted by Crippen LogP contribution is 2.10. The summed E-state index contributed by atoms with van der Waals surface area (Å²) in [6.45, 7) is 7.99. The number of hydrogen-bond donors (Lipinski definition) is 0. The molecule has 0 fully saturated rings. The highest BCUT2D eigenvalue weighted by Gasteiger charge is 2.22. The standard InChI is InChI=1S/C8H17.2C2H5O.Al/c1-3-5-7-8-6-4-2;2*1-2-3;/h1,3-8H2,2H3;2*2H2,1H3;/q;2*-1;+2. The summed E-state index contributed by atoms with van der Waals surface area (Å²) in [6.07, 6.45) is 8.14. The van der Waals surface area contributed by atoms with E-state index in [4.69, 9.17) is 7.58 Å². The molecule has 0 aromatic rings. The third-order valence-corrected chi connectivity index (χ3v) is 4.79. The molecule has 0 heterocycles. The van der Waals surface area contributed by atoms with E-state index in [9.17, 15) is 0 Å². The van der Waals surface area contributed by atoms with E-state index in [2.05, 4.69) is 20.8 Å². The molecule has 0 bridgehead atoms. The second-order valence-corrected chi connectivity index (χ2v) is 6.00. The van der Waals surface area contributed by atoms with E-state index in [0.717, 1.165) is 13.2 Å². The van der Waals surface area contributed by atoms with Crippen molar-refractivity contribution in [1.82, 2.24) is 0 Å². The fraction of sp³-hybridized carbons (Fsp3) is 1.00. The van der Waals surface area contributed by atoms with Crippen molar-refractivity contribution >= 4 is 14.8 Å². The van der Waals surface area contributed by atoms with E-state index < -0.39 is 14.8 Å². The molecule has 0 unspecified atom stereocenters. The first kappa shape index (κ1) is 15.5. The van der Waals surface area contributed by atoms with E-state index >= 15 is 0 Å². The molecule has 0 N–H and O–H groups in total. The van der Waals surface area contributed by atoms with Crippen LogP contribution in [0.2, 0.25) is 5.28 Å². The largest absolute Gasteiger partial charge is 0.674 e. The molecule has 0 radical (unpaired) electrons. The lowest BCUT2D eigenvalue weighted by Gasteiger charge is -2.10. The summed E-state index contributed by atoms with van der Waals surface area (Å²) in [5, 5.41) is 1.19. The normalized spacial score (nSPS) is 10.6. The quantitative estimate of drug-likeness (QED) is 0.396. The molecule has 0 aliphatic rings. The Labute approximate surface area is 100 Å². The summed E-state index contributed by atoms with van der Waals surface area (Å²) < 4.78 is 11.3. The first-order valence-corrected chi connectivity index (χ1v) is 8.34. The zero-order valence-corrected chi connectivity index (χ0v) is 11.9. The first-order valence-electron chi connectivity index (χ1n) is 6.58. The van der Waals surface area contributed by atoms with E-state index in [1.807, 2.05) is 0 Å². The Morgan fingerprint density at radius 3 is 1.80 bits per heavy atom. The molecule has 0 saturated heterocycles. The Hall–Kier alpha value is 0.452. The fourth-order valence-electron chi connectivity index (χ4n) is 1.68. The minimum Gasteiger partial charge on any atom is -0.479 e. The maximum atomic E-state index is 5.63.